The summed E-state index contributed by atoms with van der Waals surface area (Å²) in [6, 6.07) is 0. The van der Waals surface area contributed by atoms with Crippen LogP contribution < -0.4 is 5.73 Å². The standard InChI is InChI=1S/C14H26N4O2.2ClH/c15-5-3-4-13(19)18-10-8-16(9-11-18)12-14(20)17-6-1-2-7-17;;/h1-12,15H2;2*1H. The summed E-state index contributed by atoms with van der Waals surface area (Å²) in [7, 11) is 0. The summed E-state index contributed by atoms with van der Waals surface area (Å²) < 4.78 is 0. The summed E-state index contributed by atoms with van der Waals surface area (Å²) >= 11 is 0. The van der Waals surface area contributed by atoms with E-state index in [0.29, 0.717) is 19.5 Å². The predicted molar refractivity (Wildman–Crippen MR) is 91.6 cm³/mol. The average Bonchev–Trinajstić information content (AvgIpc) is 3.00. The molecule has 0 aromatic heterocycles. The smallest absolute Gasteiger partial charge is 0.236 e. The van der Waals surface area contributed by atoms with Crippen molar-refractivity contribution in [2.45, 2.75) is 25.7 Å². The maximum atomic E-state index is 12.1. The van der Waals surface area contributed by atoms with Gasteiger partial charge in [0, 0.05) is 45.7 Å². The molecule has 130 valence electrons. The highest BCUT2D eigenvalue weighted by molar-refractivity contribution is 5.85. The Morgan fingerprint density at radius 2 is 1.36 bits per heavy atom. The fraction of sp³-hybridized carbons (Fsp3) is 0.857. The molecule has 0 aromatic rings. The summed E-state index contributed by atoms with van der Waals surface area (Å²) in [6.07, 6.45) is 3.57. The molecule has 0 atom stereocenters. The minimum absolute atomic E-state index is 0. The van der Waals surface area contributed by atoms with Crippen LogP contribution in [0.4, 0.5) is 0 Å². The van der Waals surface area contributed by atoms with E-state index in [-0.39, 0.29) is 36.6 Å². The van der Waals surface area contributed by atoms with E-state index < -0.39 is 0 Å². The first kappa shape index (κ1) is 21.4. The van der Waals surface area contributed by atoms with Gasteiger partial charge in [-0.2, -0.15) is 0 Å². The molecule has 0 aliphatic carbocycles. The molecule has 2 aliphatic heterocycles. The van der Waals surface area contributed by atoms with Crippen LogP contribution in [0.25, 0.3) is 0 Å². The number of halogens is 2. The number of nitrogens with zero attached hydrogens (tertiary/aromatic N) is 3. The van der Waals surface area contributed by atoms with E-state index in [0.717, 1.165) is 58.5 Å². The molecular weight excluding hydrogens is 327 g/mol. The van der Waals surface area contributed by atoms with Gasteiger partial charge < -0.3 is 15.5 Å². The van der Waals surface area contributed by atoms with E-state index in [4.69, 9.17) is 5.73 Å². The van der Waals surface area contributed by atoms with Gasteiger partial charge in [0.25, 0.3) is 0 Å². The molecule has 2 aliphatic rings. The maximum Gasteiger partial charge on any atom is 0.236 e. The third-order valence-electron chi connectivity index (χ3n) is 4.14. The second-order valence-electron chi connectivity index (χ2n) is 5.64. The number of rotatable bonds is 5. The highest BCUT2D eigenvalue weighted by atomic mass is 35.5. The molecule has 2 heterocycles. The summed E-state index contributed by atoms with van der Waals surface area (Å²) in [5, 5.41) is 0. The Morgan fingerprint density at radius 1 is 0.818 bits per heavy atom. The van der Waals surface area contributed by atoms with Gasteiger partial charge in [-0.15, -0.1) is 24.8 Å². The average molecular weight is 355 g/mol. The minimum atomic E-state index is 0. The number of hydrogen-bond acceptors (Lipinski definition) is 4. The first-order valence-corrected chi connectivity index (χ1v) is 7.68. The van der Waals surface area contributed by atoms with Crippen LogP contribution in [0.5, 0.6) is 0 Å². The topological polar surface area (TPSA) is 69.9 Å². The van der Waals surface area contributed by atoms with Crippen LogP contribution >= 0.6 is 24.8 Å². The lowest BCUT2D eigenvalue weighted by Gasteiger charge is -2.35. The van der Waals surface area contributed by atoms with Crippen molar-refractivity contribution < 1.29 is 9.59 Å². The molecule has 0 unspecified atom stereocenters. The van der Waals surface area contributed by atoms with E-state index in [1.165, 1.54) is 0 Å². The molecule has 2 fully saturated rings. The summed E-state index contributed by atoms with van der Waals surface area (Å²) in [5.41, 5.74) is 5.42. The number of carbonyl (C=O) groups excluding carboxylic acids is 2. The minimum Gasteiger partial charge on any atom is -0.342 e. The number of nitrogens with two attached hydrogens (primary N) is 1. The van der Waals surface area contributed by atoms with Gasteiger partial charge in [0.05, 0.1) is 6.54 Å². The molecule has 22 heavy (non-hydrogen) atoms. The van der Waals surface area contributed by atoms with Crippen molar-refractivity contribution in [3.8, 4) is 0 Å². The molecule has 8 heteroatoms. The molecule has 2 amide bonds. The van der Waals surface area contributed by atoms with Crippen molar-refractivity contribution in [2.24, 2.45) is 5.73 Å². The monoisotopic (exact) mass is 354 g/mol. The van der Waals surface area contributed by atoms with E-state index in [1.807, 2.05) is 9.80 Å². The SMILES string of the molecule is Cl.Cl.NCCCC(=O)N1CCN(CC(=O)N2CCCC2)CC1. The maximum absolute atomic E-state index is 12.1. The number of carbonyl (C=O) groups is 2. The van der Waals surface area contributed by atoms with Gasteiger partial charge in [-0.1, -0.05) is 0 Å². The van der Waals surface area contributed by atoms with Crippen molar-refractivity contribution in [1.29, 1.82) is 0 Å². The Bertz CT molecular complexity index is 344. The van der Waals surface area contributed by atoms with E-state index >= 15 is 0 Å². The second kappa shape index (κ2) is 11.0. The van der Waals surface area contributed by atoms with Crippen molar-refractivity contribution in [3.63, 3.8) is 0 Å². The summed E-state index contributed by atoms with van der Waals surface area (Å²) in [6.45, 7) is 5.96. The Balaban J connectivity index is 0.00000220. The molecule has 0 spiro atoms. The van der Waals surface area contributed by atoms with Crippen LogP contribution in [0.2, 0.25) is 0 Å². The van der Waals surface area contributed by atoms with Crippen molar-refractivity contribution in [2.75, 3.05) is 52.4 Å². The zero-order valence-corrected chi connectivity index (χ0v) is 14.7. The normalized spacial score (nSPS) is 18.6. The van der Waals surface area contributed by atoms with Gasteiger partial charge in [0.2, 0.25) is 11.8 Å². The Kier molecular flexibility index (Phi) is 10.8. The quantitative estimate of drug-likeness (QED) is 0.772. The van der Waals surface area contributed by atoms with Gasteiger partial charge in [0.15, 0.2) is 0 Å². The molecule has 2 saturated heterocycles. The molecule has 0 radical (unpaired) electrons. The molecule has 2 rings (SSSR count). The lowest BCUT2D eigenvalue weighted by molar-refractivity contribution is -0.134. The van der Waals surface area contributed by atoms with Crippen molar-refractivity contribution in [1.82, 2.24) is 14.7 Å². The summed E-state index contributed by atoms with van der Waals surface area (Å²) in [5.74, 6) is 0.436. The largest absolute Gasteiger partial charge is 0.342 e. The van der Waals surface area contributed by atoms with Gasteiger partial charge >= 0.3 is 0 Å². The van der Waals surface area contributed by atoms with Crippen LogP contribution in [0, 0.1) is 0 Å². The van der Waals surface area contributed by atoms with Crippen molar-refractivity contribution >= 4 is 36.6 Å². The summed E-state index contributed by atoms with van der Waals surface area (Å²) in [4.78, 5) is 29.9. The van der Waals surface area contributed by atoms with Crippen LogP contribution in [-0.2, 0) is 9.59 Å². The van der Waals surface area contributed by atoms with Gasteiger partial charge in [-0.25, -0.2) is 0 Å². The van der Waals surface area contributed by atoms with Gasteiger partial charge in [-0.05, 0) is 25.8 Å². The first-order valence-electron chi connectivity index (χ1n) is 7.68. The van der Waals surface area contributed by atoms with E-state index in [2.05, 4.69) is 4.90 Å². The lowest BCUT2D eigenvalue weighted by atomic mass is 10.2. The zero-order valence-electron chi connectivity index (χ0n) is 13.0. The van der Waals surface area contributed by atoms with Crippen LogP contribution in [-0.4, -0.2) is 78.9 Å². The Labute approximate surface area is 145 Å². The number of amides is 2. The van der Waals surface area contributed by atoms with Gasteiger partial charge in [0.1, 0.15) is 0 Å². The first-order chi connectivity index (χ1) is 9.70. The molecule has 0 aromatic carbocycles. The van der Waals surface area contributed by atoms with Crippen molar-refractivity contribution in [3.05, 3.63) is 0 Å². The van der Waals surface area contributed by atoms with Gasteiger partial charge in [-0.3, -0.25) is 14.5 Å². The predicted octanol–water partition coefficient (Wildman–Crippen LogP) is 0.336. The third kappa shape index (κ3) is 6.28. The highest BCUT2D eigenvalue weighted by Gasteiger charge is 2.24. The van der Waals surface area contributed by atoms with E-state index in [1.54, 1.807) is 0 Å². The Hall–Kier alpha value is -0.560. The highest BCUT2D eigenvalue weighted by Crippen LogP contribution is 2.10. The molecule has 6 nitrogen and oxygen atoms in total. The Morgan fingerprint density at radius 3 is 1.91 bits per heavy atom. The number of piperazine rings is 1. The zero-order chi connectivity index (χ0) is 14.4. The van der Waals surface area contributed by atoms with Crippen LogP contribution in [0.15, 0.2) is 0 Å². The lowest BCUT2D eigenvalue weighted by Crippen LogP contribution is -2.51. The molecule has 0 saturated carbocycles. The molecule has 2 N–H and O–H groups in total. The molecule has 0 bridgehead atoms. The fourth-order valence-corrected chi connectivity index (χ4v) is 2.82. The van der Waals surface area contributed by atoms with Crippen LogP contribution in [0.1, 0.15) is 25.7 Å². The van der Waals surface area contributed by atoms with E-state index in [9.17, 15) is 9.59 Å². The second-order valence-corrected chi connectivity index (χ2v) is 5.64. The number of likely N-dealkylation sites (tertiary alicyclic amines) is 1. The fourth-order valence-electron chi connectivity index (χ4n) is 2.82. The third-order valence-corrected chi connectivity index (χ3v) is 4.14. The number of hydrogen-bond donors (Lipinski definition) is 1. The molecular formula is C14H28Cl2N4O2. The van der Waals surface area contributed by atoms with Crippen LogP contribution in [0.3, 0.4) is 0 Å².